The summed E-state index contributed by atoms with van der Waals surface area (Å²) in [6.45, 7) is 6.24. The zero-order chi connectivity index (χ0) is 14.2. The zero-order valence-electron chi connectivity index (χ0n) is 11.4. The van der Waals surface area contributed by atoms with Crippen LogP contribution in [0, 0.1) is 11.3 Å². The van der Waals surface area contributed by atoms with Crippen molar-refractivity contribution in [1.29, 1.82) is 0 Å². The Labute approximate surface area is 121 Å². The summed E-state index contributed by atoms with van der Waals surface area (Å²) >= 11 is 3.39. The van der Waals surface area contributed by atoms with E-state index in [1.165, 1.54) is 0 Å². The van der Waals surface area contributed by atoms with E-state index < -0.39 is 0 Å². The lowest BCUT2D eigenvalue weighted by Crippen LogP contribution is -2.48. The molecule has 1 N–H and O–H groups in total. The molecule has 2 unspecified atom stereocenters. The number of nitrogens with one attached hydrogen (secondary N) is 1. The Balaban J connectivity index is 2.41. The molecule has 2 atom stereocenters. The third-order valence-corrected chi connectivity index (χ3v) is 4.22. The van der Waals surface area contributed by atoms with Crippen LogP contribution in [-0.2, 0) is 9.59 Å². The number of carbonyl (C=O) groups is 2. The van der Waals surface area contributed by atoms with Crippen LogP contribution in [0.2, 0.25) is 0 Å². The van der Waals surface area contributed by atoms with Crippen molar-refractivity contribution in [2.75, 3.05) is 0 Å². The summed E-state index contributed by atoms with van der Waals surface area (Å²) in [4.78, 5) is 23.8. The fourth-order valence-corrected chi connectivity index (χ4v) is 2.89. The maximum absolute atomic E-state index is 12.2. The highest BCUT2D eigenvalue weighted by atomic mass is 79.9. The van der Waals surface area contributed by atoms with Crippen LogP contribution in [-0.4, -0.2) is 11.8 Å². The molecule has 0 aliphatic carbocycles. The first kappa shape index (κ1) is 14.3. The van der Waals surface area contributed by atoms with Crippen molar-refractivity contribution in [1.82, 2.24) is 5.32 Å². The van der Waals surface area contributed by atoms with E-state index in [0.29, 0.717) is 6.42 Å². The summed E-state index contributed by atoms with van der Waals surface area (Å²) in [5.41, 5.74) is 0.874. The van der Waals surface area contributed by atoms with Crippen molar-refractivity contribution < 1.29 is 9.59 Å². The molecule has 19 heavy (non-hydrogen) atoms. The minimum Gasteiger partial charge on any atom is -0.296 e. The summed E-state index contributed by atoms with van der Waals surface area (Å²) in [5, 5.41) is 2.45. The number of imide groups is 1. The Morgan fingerprint density at radius 2 is 1.74 bits per heavy atom. The van der Waals surface area contributed by atoms with Gasteiger partial charge in [-0.3, -0.25) is 14.9 Å². The molecular formula is C15H18BrNO2. The average Bonchev–Trinajstić information content (AvgIpc) is 2.28. The minimum absolute atomic E-state index is 0.0231. The van der Waals surface area contributed by atoms with Gasteiger partial charge in [-0.1, -0.05) is 48.8 Å². The van der Waals surface area contributed by atoms with Gasteiger partial charge in [0.25, 0.3) is 0 Å². The smallest absolute Gasteiger partial charge is 0.234 e. The van der Waals surface area contributed by atoms with E-state index in [0.717, 1.165) is 10.0 Å². The Hall–Kier alpha value is -1.16. The van der Waals surface area contributed by atoms with E-state index in [1.807, 2.05) is 24.3 Å². The molecule has 3 nitrogen and oxygen atoms in total. The van der Waals surface area contributed by atoms with Gasteiger partial charge in [-0.25, -0.2) is 0 Å². The van der Waals surface area contributed by atoms with Crippen molar-refractivity contribution in [2.24, 2.45) is 11.3 Å². The van der Waals surface area contributed by atoms with Gasteiger partial charge in [-0.05, 0) is 29.0 Å². The van der Waals surface area contributed by atoms with Crippen LogP contribution >= 0.6 is 15.9 Å². The number of amides is 2. The molecule has 0 bridgehead atoms. The summed E-state index contributed by atoms with van der Waals surface area (Å²) in [6.07, 6.45) is 0.399. The van der Waals surface area contributed by atoms with E-state index in [4.69, 9.17) is 0 Å². The maximum Gasteiger partial charge on any atom is 0.234 e. The molecule has 2 amide bonds. The van der Waals surface area contributed by atoms with Crippen LogP contribution in [0.25, 0.3) is 0 Å². The number of hydrogen-bond acceptors (Lipinski definition) is 2. The van der Waals surface area contributed by atoms with Gasteiger partial charge in [0, 0.05) is 10.9 Å². The number of piperidine rings is 1. The van der Waals surface area contributed by atoms with Crippen molar-refractivity contribution in [3.63, 3.8) is 0 Å². The fourth-order valence-electron chi connectivity index (χ4n) is 2.63. The average molecular weight is 324 g/mol. The van der Waals surface area contributed by atoms with E-state index >= 15 is 0 Å². The van der Waals surface area contributed by atoms with Gasteiger partial charge >= 0.3 is 0 Å². The Morgan fingerprint density at radius 3 is 2.26 bits per heavy atom. The molecule has 1 fully saturated rings. The topological polar surface area (TPSA) is 46.2 Å². The minimum atomic E-state index is -0.259. The van der Waals surface area contributed by atoms with Gasteiger partial charge in [0.15, 0.2) is 0 Å². The number of rotatable bonds is 1. The number of benzene rings is 1. The highest BCUT2D eigenvalue weighted by molar-refractivity contribution is 9.10. The molecule has 1 aromatic carbocycles. The van der Waals surface area contributed by atoms with Crippen LogP contribution in [0.4, 0.5) is 0 Å². The molecule has 4 heteroatoms. The lowest BCUT2D eigenvalue weighted by Gasteiger charge is -2.39. The highest BCUT2D eigenvalue weighted by Crippen LogP contribution is 2.42. The third kappa shape index (κ3) is 3.06. The lowest BCUT2D eigenvalue weighted by atomic mass is 9.67. The molecule has 1 aromatic rings. The summed E-state index contributed by atoms with van der Waals surface area (Å²) in [7, 11) is 0. The molecular weight excluding hydrogens is 306 g/mol. The number of halogens is 1. The second-order valence-corrected chi connectivity index (χ2v) is 7.03. The molecule has 0 saturated carbocycles. The van der Waals surface area contributed by atoms with Gasteiger partial charge in [0.05, 0.1) is 5.92 Å². The van der Waals surface area contributed by atoms with Gasteiger partial charge in [0.2, 0.25) is 11.8 Å². The third-order valence-electron chi connectivity index (χ3n) is 3.69. The standard InChI is InChI=1S/C15H18BrNO2/c1-15(2,3)11-8-12(18)17-14(19)13(11)9-4-6-10(16)7-5-9/h4-7,11,13H,8H2,1-3H3,(H,17,18,19). The molecule has 2 rings (SSSR count). The molecule has 1 saturated heterocycles. The van der Waals surface area contributed by atoms with Gasteiger partial charge in [-0.2, -0.15) is 0 Å². The van der Waals surface area contributed by atoms with E-state index in [1.54, 1.807) is 0 Å². The monoisotopic (exact) mass is 323 g/mol. The first-order valence-corrected chi connectivity index (χ1v) is 7.17. The second-order valence-electron chi connectivity index (χ2n) is 6.12. The van der Waals surface area contributed by atoms with E-state index in [-0.39, 0.29) is 29.1 Å². The van der Waals surface area contributed by atoms with Crippen LogP contribution in [0.15, 0.2) is 28.7 Å². The lowest BCUT2D eigenvalue weighted by molar-refractivity contribution is -0.138. The zero-order valence-corrected chi connectivity index (χ0v) is 13.0. The fraction of sp³-hybridized carbons (Fsp3) is 0.467. The predicted molar refractivity (Wildman–Crippen MR) is 77.6 cm³/mol. The first-order valence-electron chi connectivity index (χ1n) is 6.38. The van der Waals surface area contributed by atoms with Crippen molar-refractivity contribution in [3.05, 3.63) is 34.3 Å². The number of hydrogen-bond donors (Lipinski definition) is 1. The van der Waals surface area contributed by atoms with Crippen LogP contribution in [0.5, 0.6) is 0 Å². The highest BCUT2D eigenvalue weighted by Gasteiger charge is 2.42. The van der Waals surface area contributed by atoms with Crippen molar-refractivity contribution >= 4 is 27.7 Å². The Bertz CT molecular complexity index is 502. The van der Waals surface area contributed by atoms with E-state index in [9.17, 15) is 9.59 Å². The molecule has 1 aliphatic rings. The summed E-state index contributed by atoms with van der Waals surface area (Å²) < 4.78 is 0.982. The molecule has 0 radical (unpaired) electrons. The van der Waals surface area contributed by atoms with Crippen LogP contribution in [0.1, 0.15) is 38.7 Å². The second kappa shape index (κ2) is 5.08. The summed E-state index contributed by atoms with van der Waals surface area (Å²) in [5.74, 6) is -0.586. The molecule has 1 aliphatic heterocycles. The molecule has 102 valence electrons. The van der Waals surface area contributed by atoms with Gasteiger partial charge < -0.3 is 0 Å². The first-order chi connectivity index (χ1) is 8.79. The Kier molecular flexibility index (Phi) is 3.81. The normalized spacial score (nSPS) is 24.2. The Morgan fingerprint density at radius 1 is 1.16 bits per heavy atom. The SMILES string of the molecule is CC(C)(C)C1CC(=O)NC(=O)C1c1ccc(Br)cc1. The van der Waals surface area contributed by atoms with Crippen molar-refractivity contribution in [3.8, 4) is 0 Å². The maximum atomic E-state index is 12.2. The summed E-state index contributed by atoms with van der Waals surface area (Å²) in [6, 6.07) is 7.75. The van der Waals surface area contributed by atoms with E-state index in [2.05, 4.69) is 42.0 Å². The predicted octanol–water partition coefficient (Wildman–Crippen LogP) is 3.24. The van der Waals surface area contributed by atoms with Crippen LogP contribution in [0.3, 0.4) is 0 Å². The van der Waals surface area contributed by atoms with Crippen LogP contribution < -0.4 is 5.32 Å². The van der Waals surface area contributed by atoms with Gasteiger partial charge in [0.1, 0.15) is 0 Å². The largest absolute Gasteiger partial charge is 0.296 e. The molecule has 1 heterocycles. The molecule has 0 spiro atoms. The van der Waals surface area contributed by atoms with Gasteiger partial charge in [-0.15, -0.1) is 0 Å². The van der Waals surface area contributed by atoms with Crippen molar-refractivity contribution in [2.45, 2.75) is 33.1 Å². The quantitative estimate of drug-likeness (QED) is 0.806. The molecule has 0 aromatic heterocycles. The number of carbonyl (C=O) groups excluding carboxylic acids is 2.